The fraction of sp³-hybridized carbons (Fsp3) is 0.500. The number of benzene rings is 2. The molecule has 0 bridgehead atoms. The van der Waals surface area contributed by atoms with Gasteiger partial charge in [0.1, 0.15) is 4.90 Å². The van der Waals surface area contributed by atoms with Crippen LogP contribution in [0.25, 0.3) is 0 Å². The van der Waals surface area contributed by atoms with E-state index in [4.69, 9.17) is 14.1 Å². The lowest BCUT2D eigenvalue weighted by Gasteiger charge is -2.16. The topological polar surface area (TPSA) is 130 Å². The maximum Gasteiger partial charge on any atom is 0.352 e. The summed E-state index contributed by atoms with van der Waals surface area (Å²) in [6, 6.07) is 12.5. The normalized spacial score (nSPS) is 12.8. The summed E-state index contributed by atoms with van der Waals surface area (Å²) in [5.41, 5.74) is 5.92. The standard InChI is InChI=1S/C26H37NO7S2/c1-2-3-4-5-6-7-8-9-10-14-17-25(33-35(29,30)23-15-12-11-13-16-23)26(28)34-36(31,32)24-20-18-22(27)19-21-24/h11-13,15-16,18-21,25H,2-10,14,17,27H2,1H3. The van der Waals surface area contributed by atoms with E-state index in [1.54, 1.807) is 6.07 Å². The summed E-state index contributed by atoms with van der Waals surface area (Å²) < 4.78 is 60.4. The third-order valence-electron chi connectivity index (χ3n) is 5.72. The lowest BCUT2D eigenvalue weighted by atomic mass is 10.0. The molecule has 0 aliphatic rings. The van der Waals surface area contributed by atoms with Crippen LogP contribution in [0.2, 0.25) is 0 Å². The Morgan fingerprint density at radius 1 is 0.722 bits per heavy atom. The number of rotatable bonds is 17. The second-order valence-electron chi connectivity index (χ2n) is 8.75. The minimum atomic E-state index is -4.47. The van der Waals surface area contributed by atoms with E-state index in [9.17, 15) is 21.6 Å². The smallest absolute Gasteiger partial charge is 0.352 e. The van der Waals surface area contributed by atoms with Crippen LogP contribution in [-0.2, 0) is 33.4 Å². The van der Waals surface area contributed by atoms with Crippen molar-refractivity contribution in [3.8, 4) is 0 Å². The highest BCUT2D eigenvalue weighted by Gasteiger charge is 2.32. The number of nitrogens with two attached hydrogens (primary N) is 1. The van der Waals surface area contributed by atoms with Crippen LogP contribution in [0.5, 0.6) is 0 Å². The minimum Gasteiger partial charge on any atom is -0.399 e. The van der Waals surface area contributed by atoms with E-state index in [1.807, 2.05) is 0 Å². The SMILES string of the molecule is CCCCCCCCCCCCC(OS(=O)(=O)c1ccccc1)C(=O)OS(=O)(=O)c1ccc(N)cc1. The Bertz CT molecular complexity index is 1130. The van der Waals surface area contributed by atoms with Crippen molar-refractivity contribution in [2.24, 2.45) is 0 Å². The summed E-state index contributed by atoms with van der Waals surface area (Å²) in [6.07, 6.45) is 8.95. The van der Waals surface area contributed by atoms with Gasteiger partial charge < -0.3 is 9.92 Å². The van der Waals surface area contributed by atoms with E-state index < -0.39 is 32.3 Å². The maximum atomic E-state index is 12.8. The molecule has 36 heavy (non-hydrogen) atoms. The number of nitrogen functional groups attached to an aromatic ring is 1. The zero-order chi connectivity index (χ0) is 26.4. The first-order chi connectivity index (χ1) is 17.2. The fourth-order valence-electron chi connectivity index (χ4n) is 3.66. The van der Waals surface area contributed by atoms with Crippen molar-refractivity contribution >= 4 is 31.9 Å². The molecule has 1 unspecified atom stereocenters. The van der Waals surface area contributed by atoms with Crippen molar-refractivity contribution in [2.45, 2.75) is 93.4 Å². The zero-order valence-corrected chi connectivity index (χ0v) is 22.4. The van der Waals surface area contributed by atoms with E-state index in [0.29, 0.717) is 12.1 Å². The van der Waals surface area contributed by atoms with Crippen LogP contribution < -0.4 is 5.73 Å². The first-order valence-corrected chi connectivity index (χ1v) is 15.3. The number of carbonyl (C=O) groups excluding carboxylic acids is 1. The predicted molar refractivity (Wildman–Crippen MR) is 139 cm³/mol. The Morgan fingerprint density at radius 3 is 1.78 bits per heavy atom. The Hall–Kier alpha value is -2.43. The maximum absolute atomic E-state index is 12.8. The second kappa shape index (κ2) is 15.0. The lowest BCUT2D eigenvalue weighted by Crippen LogP contribution is -2.31. The Kier molecular flexibility index (Phi) is 12.4. The molecule has 0 saturated heterocycles. The second-order valence-corrected chi connectivity index (χ2v) is 11.9. The fourth-order valence-corrected chi connectivity index (χ4v) is 5.63. The summed E-state index contributed by atoms with van der Waals surface area (Å²) in [6.45, 7) is 2.19. The van der Waals surface area contributed by atoms with Gasteiger partial charge in [-0.15, -0.1) is 0 Å². The van der Waals surface area contributed by atoms with E-state index >= 15 is 0 Å². The van der Waals surface area contributed by atoms with E-state index in [-0.39, 0.29) is 16.2 Å². The van der Waals surface area contributed by atoms with Gasteiger partial charge in [0, 0.05) is 5.69 Å². The Morgan fingerprint density at radius 2 is 1.22 bits per heavy atom. The highest BCUT2D eigenvalue weighted by Crippen LogP contribution is 2.21. The summed E-state index contributed by atoms with van der Waals surface area (Å²) in [5.74, 6) is -1.28. The van der Waals surface area contributed by atoms with Gasteiger partial charge in [-0.2, -0.15) is 16.8 Å². The molecule has 200 valence electrons. The van der Waals surface area contributed by atoms with Gasteiger partial charge in [0.25, 0.3) is 10.1 Å². The summed E-state index contributed by atoms with van der Waals surface area (Å²) in [7, 11) is -8.78. The number of hydrogen-bond acceptors (Lipinski definition) is 8. The van der Waals surface area contributed by atoms with E-state index in [2.05, 4.69) is 6.92 Å². The van der Waals surface area contributed by atoms with Crippen molar-refractivity contribution in [3.05, 3.63) is 54.6 Å². The number of hydrogen-bond donors (Lipinski definition) is 1. The molecule has 8 nitrogen and oxygen atoms in total. The Balaban J connectivity index is 1.99. The van der Waals surface area contributed by atoms with E-state index in [1.165, 1.54) is 80.6 Å². The molecule has 10 heteroatoms. The summed E-state index contributed by atoms with van der Waals surface area (Å²) in [5, 5.41) is 0. The van der Waals surface area contributed by atoms with Crippen LogP contribution in [0.1, 0.15) is 77.6 Å². The van der Waals surface area contributed by atoms with Gasteiger partial charge in [-0.05, 0) is 42.8 Å². The van der Waals surface area contributed by atoms with Crippen molar-refractivity contribution in [1.82, 2.24) is 0 Å². The molecule has 2 aromatic carbocycles. The summed E-state index contributed by atoms with van der Waals surface area (Å²) in [4.78, 5) is 12.4. The third-order valence-corrected chi connectivity index (χ3v) is 8.29. The number of anilines is 1. The Labute approximate surface area is 215 Å². The van der Waals surface area contributed by atoms with Crippen molar-refractivity contribution in [1.29, 1.82) is 0 Å². The van der Waals surface area contributed by atoms with Gasteiger partial charge >= 0.3 is 16.1 Å². The van der Waals surface area contributed by atoms with Crippen molar-refractivity contribution in [2.75, 3.05) is 5.73 Å². The zero-order valence-electron chi connectivity index (χ0n) is 20.8. The monoisotopic (exact) mass is 539 g/mol. The quantitative estimate of drug-likeness (QED) is 0.156. The van der Waals surface area contributed by atoms with Crippen molar-refractivity contribution in [3.63, 3.8) is 0 Å². The molecule has 2 N–H and O–H groups in total. The molecule has 0 saturated carbocycles. The van der Waals surface area contributed by atoms with Crippen LogP contribution in [0.4, 0.5) is 5.69 Å². The molecule has 0 aliphatic heterocycles. The molecule has 0 aliphatic carbocycles. The first kappa shape index (κ1) is 29.8. The summed E-state index contributed by atoms with van der Waals surface area (Å²) >= 11 is 0. The molecule has 0 radical (unpaired) electrons. The highest BCUT2D eigenvalue weighted by molar-refractivity contribution is 7.87. The molecule has 2 rings (SSSR count). The van der Waals surface area contributed by atoms with Gasteiger partial charge in [-0.25, -0.2) is 4.79 Å². The molecule has 0 spiro atoms. The van der Waals surface area contributed by atoms with Gasteiger partial charge in [-0.3, -0.25) is 4.18 Å². The van der Waals surface area contributed by atoms with Gasteiger partial charge in [0.05, 0.1) is 4.90 Å². The molecule has 0 aromatic heterocycles. The molecule has 0 fully saturated rings. The van der Waals surface area contributed by atoms with Crippen molar-refractivity contribution < 1.29 is 30.0 Å². The average molecular weight is 540 g/mol. The van der Waals surface area contributed by atoms with Crippen LogP contribution in [0.3, 0.4) is 0 Å². The third kappa shape index (κ3) is 10.3. The van der Waals surface area contributed by atoms with Crippen LogP contribution in [-0.4, -0.2) is 28.9 Å². The molecule has 2 aromatic rings. The molecule has 0 heterocycles. The molecular weight excluding hydrogens is 502 g/mol. The van der Waals surface area contributed by atoms with Crippen LogP contribution >= 0.6 is 0 Å². The first-order valence-electron chi connectivity index (χ1n) is 12.5. The van der Waals surface area contributed by atoms with Gasteiger partial charge in [0.2, 0.25) is 0 Å². The highest BCUT2D eigenvalue weighted by atomic mass is 32.2. The van der Waals surface area contributed by atoms with Gasteiger partial charge in [-0.1, -0.05) is 89.3 Å². The minimum absolute atomic E-state index is 0.0126. The average Bonchev–Trinajstić information content (AvgIpc) is 2.85. The van der Waals surface area contributed by atoms with Crippen LogP contribution in [0, 0.1) is 0 Å². The number of unbranched alkanes of at least 4 members (excludes halogenated alkanes) is 9. The van der Waals surface area contributed by atoms with Crippen LogP contribution in [0.15, 0.2) is 64.4 Å². The molecular formula is C26H37NO7S2. The predicted octanol–water partition coefficient (Wildman–Crippen LogP) is 5.59. The number of carbonyl (C=O) groups is 1. The largest absolute Gasteiger partial charge is 0.399 e. The lowest BCUT2D eigenvalue weighted by molar-refractivity contribution is -0.141. The van der Waals surface area contributed by atoms with Gasteiger partial charge in [0.15, 0.2) is 6.10 Å². The molecule has 1 atom stereocenters. The van der Waals surface area contributed by atoms with E-state index in [0.717, 1.165) is 25.7 Å². The molecule has 0 amide bonds.